The zero-order chi connectivity index (χ0) is 19.8. The van der Waals surface area contributed by atoms with Crippen molar-refractivity contribution in [3.05, 3.63) is 40.9 Å². The Bertz CT molecular complexity index is 831. The van der Waals surface area contributed by atoms with E-state index in [1.54, 1.807) is 30.4 Å². The lowest BCUT2D eigenvalue weighted by Crippen LogP contribution is -2.64. The Morgan fingerprint density at radius 1 is 1.29 bits per heavy atom. The number of anilines is 1. The number of nitrogens with one attached hydrogen (secondary N) is 1. The molecule has 0 bridgehead atoms. The molecule has 28 heavy (non-hydrogen) atoms. The van der Waals surface area contributed by atoms with E-state index in [9.17, 15) is 9.90 Å². The standard InChI is InChI=1S/C20H26N4O3S/c1-14-22-23-18(28-14)24-10-8-20(9-11-24)13-19(2,26)16(12-27-20)21-17(25)15-6-4-3-5-7-15/h3-7,16,26H,8-13H2,1-2H3,(H,21,25)/t16-,19-/m0/s1. The number of hydrogen-bond acceptors (Lipinski definition) is 7. The Labute approximate surface area is 168 Å². The molecule has 4 rings (SSSR count). The van der Waals surface area contributed by atoms with Crippen molar-refractivity contribution >= 4 is 22.4 Å². The van der Waals surface area contributed by atoms with E-state index in [-0.39, 0.29) is 11.5 Å². The van der Waals surface area contributed by atoms with Gasteiger partial charge in [-0.3, -0.25) is 4.79 Å². The zero-order valence-corrected chi connectivity index (χ0v) is 17.0. The molecule has 0 aliphatic carbocycles. The molecule has 2 fully saturated rings. The summed E-state index contributed by atoms with van der Waals surface area (Å²) in [6.07, 6.45) is 2.14. The second-order valence-electron chi connectivity index (χ2n) is 8.01. The number of aromatic nitrogens is 2. The van der Waals surface area contributed by atoms with Gasteiger partial charge in [0.2, 0.25) is 5.13 Å². The summed E-state index contributed by atoms with van der Waals surface area (Å²) in [5, 5.41) is 24.3. The molecule has 2 saturated heterocycles. The number of rotatable bonds is 3. The number of aryl methyl sites for hydroxylation is 1. The maximum atomic E-state index is 12.5. The summed E-state index contributed by atoms with van der Waals surface area (Å²) in [6, 6.07) is 8.62. The molecular formula is C20H26N4O3S. The topological polar surface area (TPSA) is 87.6 Å². The molecule has 3 heterocycles. The number of carbonyl (C=O) groups is 1. The molecule has 0 unspecified atom stereocenters. The van der Waals surface area contributed by atoms with Gasteiger partial charge in [-0.1, -0.05) is 29.5 Å². The second-order valence-corrected chi connectivity index (χ2v) is 9.17. The molecule has 150 valence electrons. The van der Waals surface area contributed by atoms with Crippen LogP contribution in [-0.2, 0) is 4.74 Å². The molecule has 2 N–H and O–H groups in total. The number of benzene rings is 1. The Hall–Kier alpha value is -2.03. The summed E-state index contributed by atoms with van der Waals surface area (Å²) in [6.45, 7) is 5.71. The van der Waals surface area contributed by atoms with Crippen molar-refractivity contribution in [3.63, 3.8) is 0 Å². The molecule has 2 aliphatic heterocycles. The quantitative estimate of drug-likeness (QED) is 0.818. The van der Waals surface area contributed by atoms with Gasteiger partial charge in [0.25, 0.3) is 5.91 Å². The highest BCUT2D eigenvalue weighted by atomic mass is 32.1. The lowest BCUT2D eigenvalue weighted by molar-refractivity contribution is -0.176. The van der Waals surface area contributed by atoms with Crippen LogP contribution < -0.4 is 10.2 Å². The number of carbonyl (C=O) groups excluding carboxylic acids is 1. The fourth-order valence-electron chi connectivity index (χ4n) is 4.13. The molecule has 8 heteroatoms. The minimum atomic E-state index is -1.02. The minimum absolute atomic E-state index is 0.188. The number of amides is 1. The average Bonchev–Trinajstić information content (AvgIpc) is 3.11. The van der Waals surface area contributed by atoms with Gasteiger partial charge in [0.05, 0.1) is 23.9 Å². The van der Waals surface area contributed by atoms with Crippen LogP contribution in [0.25, 0.3) is 0 Å². The molecule has 2 aromatic rings. The van der Waals surface area contributed by atoms with E-state index in [1.807, 2.05) is 25.1 Å². The van der Waals surface area contributed by atoms with E-state index in [2.05, 4.69) is 20.4 Å². The third-order valence-corrected chi connectivity index (χ3v) is 6.69. The lowest BCUT2D eigenvalue weighted by atomic mass is 9.75. The number of hydrogen-bond donors (Lipinski definition) is 2. The van der Waals surface area contributed by atoms with E-state index in [1.165, 1.54) is 0 Å². The molecule has 2 atom stereocenters. The van der Waals surface area contributed by atoms with Crippen molar-refractivity contribution in [2.45, 2.75) is 50.4 Å². The molecule has 1 spiro atoms. The fourth-order valence-corrected chi connectivity index (χ4v) is 4.87. The van der Waals surface area contributed by atoms with Gasteiger partial charge < -0.3 is 20.1 Å². The largest absolute Gasteiger partial charge is 0.388 e. The summed E-state index contributed by atoms with van der Waals surface area (Å²) >= 11 is 1.60. The normalized spacial score (nSPS) is 27.0. The lowest BCUT2D eigenvalue weighted by Gasteiger charge is -2.51. The summed E-state index contributed by atoms with van der Waals surface area (Å²) in [5.41, 5.74) is -0.794. The van der Waals surface area contributed by atoms with Crippen LogP contribution in [-0.4, -0.2) is 58.2 Å². The number of piperidine rings is 1. The molecule has 0 radical (unpaired) electrons. The Morgan fingerprint density at radius 2 is 2.00 bits per heavy atom. The van der Waals surface area contributed by atoms with E-state index in [0.717, 1.165) is 36.1 Å². The number of aliphatic hydroxyl groups is 1. The van der Waals surface area contributed by atoms with Gasteiger partial charge in [0, 0.05) is 25.1 Å². The van der Waals surface area contributed by atoms with Crippen LogP contribution in [0.2, 0.25) is 0 Å². The maximum absolute atomic E-state index is 12.5. The predicted octanol–water partition coefficient (Wildman–Crippen LogP) is 2.16. The Kier molecular flexibility index (Phi) is 5.11. The second kappa shape index (κ2) is 7.42. The van der Waals surface area contributed by atoms with Gasteiger partial charge >= 0.3 is 0 Å². The SMILES string of the molecule is Cc1nnc(N2CCC3(CC2)C[C@](C)(O)[C@@H](NC(=O)c2ccccc2)CO3)s1. The van der Waals surface area contributed by atoms with Crippen LogP contribution in [0.3, 0.4) is 0 Å². The number of nitrogens with zero attached hydrogens (tertiary/aromatic N) is 3. The van der Waals surface area contributed by atoms with Crippen molar-refractivity contribution in [2.75, 3.05) is 24.6 Å². The van der Waals surface area contributed by atoms with Crippen molar-refractivity contribution < 1.29 is 14.6 Å². The Morgan fingerprint density at radius 3 is 2.61 bits per heavy atom. The first-order valence-corrected chi connectivity index (χ1v) is 10.5. The molecule has 2 aliphatic rings. The van der Waals surface area contributed by atoms with Gasteiger partial charge in [-0.15, -0.1) is 10.2 Å². The van der Waals surface area contributed by atoms with Crippen molar-refractivity contribution in [3.8, 4) is 0 Å². The van der Waals surface area contributed by atoms with Crippen molar-refractivity contribution in [2.24, 2.45) is 0 Å². The highest BCUT2D eigenvalue weighted by Crippen LogP contribution is 2.40. The summed E-state index contributed by atoms with van der Waals surface area (Å²) in [4.78, 5) is 14.7. The maximum Gasteiger partial charge on any atom is 0.251 e. The van der Waals surface area contributed by atoms with Gasteiger partial charge in [-0.2, -0.15) is 0 Å². The monoisotopic (exact) mass is 402 g/mol. The van der Waals surface area contributed by atoms with Crippen LogP contribution in [0.5, 0.6) is 0 Å². The van der Waals surface area contributed by atoms with Gasteiger partial charge in [0.15, 0.2) is 0 Å². The first kappa shape index (κ1) is 19.3. The first-order chi connectivity index (χ1) is 13.4. The van der Waals surface area contributed by atoms with Crippen LogP contribution in [0.15, 0.2) is 30.3 Å². The molecule has 7 nitrogen and oxygen atoms in total. The Balaban J connectivity index is 1.38. The van der Waals surface area contributed by atoms with Crippen LogP contribution in [0, 0.1) is 6.92 Å². The molecule has 0 saturated carbocycles. The summed E-state index contributed by atoms with van der Waals surface area (Å²) in [5.74, 6) is -0.188. The first-order valence-electron chi connectivity index (χ1n) is 9.64. The van der Waals surface area contributed by atoms with Gasteiger partial charge in [0.1, 0.15) is 5.01 Å². The predicted molar refractivity (Wildman–Crippen MR) is 108 cm³/mol. The van der Waals surface area contributed by atoms with Gasteiger partial charge in [-0.05, 0) is 38.8 Å². The van der Waals surface area contributed by atoms with Crippen LogP contribution in [0.4, 0.5) is 5.13 Å². The van der Waals surface area contributed by atoms with E-state index in [4.69, 9.17) is 4.74 Å². The highest BCUT2D eigenvalue weighted by Gasteiger charge is 2.49. The smallest absolute Gasteiger partial charge is 0.251 e. The fraction of sp³-hybridized carbons (Fsp3) is 0.550. The third-order valence-electron chi connectivity index (χ3n) is 5.79. The van der Waals surface area contributed by atoms with Crippen molar-refractivity contribution in [1.29, 1.82) is 0 Å². The molecule has 1 aromatic carbocycles. The van der Waals surface area contributed by atoms with Crippen LogP contribution >= 0.6 is 11.3 Å². The summed E-state index contributed by atoms with van der Waals surface area (Å²) in [7, 11) is 0. The third kappa shape index (κ3) is 3.90. The van der Waals surface area contributed by atoms with Crippen LogP contribution in [0.1, 0.15) is 41.6 Å². The van der Waals surface area contributed by atoms with E-state index >= 15 is 0 Å². The minimum Gasteiger partial charge on any atom is -0.388 e. The van der Waals surface area contributed by atoms with E-state index in [0.29, 0.717) is 18.6 Å². The highest BCUT2D eigenvalue weighted by molar-refractivity contribution is 7.15. The molecular weight excluding hydrogens is 376 g/mol. The molecule has 1 amide bonds. The molecule has 1 aromatic heterocycles. The average molecular weight is 403 g/mol. The van der Waals surface area contributed by atoms with Gasteiger partial charge in [-0.25, -0.2) is 0 Å². The van der Waals surface area contributed by atoms with Crippen molar-refractivity contribution in [1.82, 2.24) is 15.5 Å². The number of ether oxygens (including phenoxy) is 1. The zero-order valence-electron chi connectivity index (χ0n) is 16.2. The summed E-state index contributed by atoms with van der Waals surface area (Å²) < 4.78 is 6.25. The van der Waals surface area contributed by atoms with E-state index < -0.39 is 11.6 Å².